The molecule has 0 aliphatic carbocycles. The van der Waals surface area contributed by atoms with Crippen molar-refractivity contribution in [1.82, 2.24) is 14.9 Å². The molecule has 2 aromatic carbocycles. The number of hydrogen-bond donors (Lipinski definition) is 5. The molecule has 5 N–H and O–H groups in total. The lowest BCUT2D eigenvalue weighted by Crippen LogP contribution is -2.51. The van der Waals surface area contributed by atoms with Gasteiger partial charge in [0.2, 0.25) is 10.0 Å². The van der Waals surface area contributed by atoms with Crippen molar-refractivity contribution in [2.45, 2.75) is 56.1 Å². The number of fused-ring (bicyclic) bond motifs is 1. The molecule has 5 atom stereocenters. The number of aliphatic hydroxyl groups excluding tert-OH is 1. The zero-order chi connectivity index (χ0) is 32.8. The highest BCUT2D eigenvalue weighted by atomic mass is 32.2. The highest BCUT2D eigenvalue weighted by molar-refractivity contribution is 7.89. The Kier molecular flexibility index (Phi) is 11.8. The van der Waals surface area contributed by atoms with Gasteiger partial charge in [-0.05, 0) is 60.7 Å². The predicted octanol–water partition coefficient (Wildman–Crippen LogP) is 1.78. The summed E-state index contributed by atoms with van der Waals surface area (Å²) in [6, 6.07) is 11.0. The van der Waals surface area contributed by atoms with E-state index in [0.717, 1.165) is 0 Å². The number of nitrogens with one attached hydrogen (secondary N) is 2. The monoisotopic (exact) mass is 673 g/mol. The van der Waals surface area contributed by atoms with E-state index in [4.69, 9.17) is 33.6 Å². The van der Waals surface area contributed by atoms with Gasteiger partial charge < -0.3 is 44.0 Å². The first kappa shape index (κ1) is 35.1. The van der Waals surface area contributed by atoms with E-state index in [1.807, 2.05) is 13.8 Å². The molecule has 2 saturated heterocycles. The molecule has 0 aromatic heterocycles. The van der Waals surface area contributed by atoms with E-state index in [9.17, 15) is 22.9 Å². The van der Waals surface area contributed by atoms with Crippen molar-refractivity contribution in [3.63, 3.8) is 0 Å². The quantitative estimate of drug-likeness (QED) is 0.135. The zero-order valence-corrected chi connectivity index (χ0v) is 26.9. The van der Waals surface area contributed by atoms with Gasteiger partial charge in [0.25, 0.3) is 0 Å². The Morgan fingerprint density at radius 2 is 1.73 bits per heavy atom. The van der Waals surface area contributed by atoms with E-state index < -0.39 is 48.4 Å². The number of carbonyl (C=O) groups is 1. The third-order valence-corrected chi connectivity index (χ3v) is 9.50. The summed E-state index contributed by atoms with van der Waals surface area (Å²) in [5, 5.41) is 15.8. The first-order valence-corrected chi connectivity index (χ1v) is 17.4. The van der Waals surface area contributed by atoms with Crippen LogP contribution in [0.15, 0.2) is 53.4 Å². The Hall–Kier alpha value is -2.79. The van der Waals surface area contributed by atoms with Gasteiger partial charge in [-0.3, -0.25) is 0 Å². The summed E-state index contributed by atoms with van der Waals surface area (Å²) in [5.41, 5.74) is 0.602. The lowest BCUT2D eigenvalue weighted by atomic mass is 10.0. The molecular weight excluding hydrogens is 633 g/mol. The number of hydrogen-bond acceptors (Lipinski definition) is 10. The fourth-order valence-electron chi connectivity index (χ4n) is 5.12. The minimum Gasteiger partial charge on any atom is -0.497 e. The van der Waals surface area contributed by atoms with Crippen LogP contribution >= 0.6 is 7.75 Å². The van der Waals surface area contributed by atoms with Crippen LogP contribution in [0.3, 0.4) is 0 Å². The second-order valence-corrected chi connectivity index (χ2v) is 14.5. The minimum atomic E-state index is -4.62. The van der Waals surface area contributed by atoms with E-state index in [1.54, 1.807) is 17.4 Å². The third-order valence-electron chi connectivity index (χ3n) is 7.33. The molecule has 2 aliphatic heterocycles. The SMILES string of the molecule is COc1ccc(S(=O)(=O)N(CC(C)C)C[C@@H](O)[C@H](Cc2ccc(ONP(=O)(O)O)cc2)NC(=O)O[C@H]2CO[C@H]3OCC[C@H]32)cc1. The molecule has 0 bridgehead atoms. The standard InChI is InChI=1S/C28H40N3O12PS/c1-18(2)15-31(45(37,38)22-10-8-20(39-3)9-11-22)16-25(32)24(14-19-4-6-21(7-5-19)43-30-44(34,35)36)29-28(33)42-26-17-41-27-23(26)12-13-40-27/h4-11,18,23-27,32H,12-17H2,1-3H3,(H,29,33)(H3,30,34,35,36)/t23-,24-,25+,26-,27+/m0/s1. The summed E-state index contributed by atoms with van der Waals surface area (Å²) in [6.07, 6.45) is -2.43. The Bertz CT molecular complexity index is 1420. The van der Waals surface area contributed by atoms with Crippen LogP contribution in [-0.2, 0) is 35.2 Å². The second kappa shape index (κ2) is 15.2. The van der Waals surface area contributed by atoms with Crippen molar-refractivity contribution in [3.8, 4) is 11.5 Å². The van der Waals surface area contributed by atoms with Crippen LogP contribution in [0.1, 0.15) is 25.8 Å². The normalized spacial score (nSPS) is 21.4. The number of benzene rings is 2. The molecule has 1 amide bonds. The van der Waals surface area contributed by atoms with Gasteiger partial charge in [0.05, 0.1) is 43.3 Å². The number of methoxy groups -OCH3 is 1. The van der Waals surface area contributed by atoms with E-state index in [2.05, 4.69) is 5.32 Å². The Morgan fingerprint density at radius 1 is 1.07 bits per heavy atom. The van der Waals surface area contributed by atoms with Crippen molar-refractivity contribution in [2.75, 3.05) is 33.4 Å². The predicted molar refractivity (Wildman–Crippen MR) is 160 cm³/mol. The minimum absolute atomic E-state index is 0.0224. The van der Waals surface area contributed by atoms with E-state index in [1.165, 1.54) is 47.8 Å². The molecule has 0 unspecified atom stereocenters. The second-order valence-electron chi connectivity index (χ2n) is 11.3. The van der Waals surface area contributed by atoms with Gasteiger partial charge in [0, 0.05) is 13.1 Å². The molecule has 0 spiro atoms. The summed E-state index contributed by atoms with van der Waals surface area (Å²) in [5.74, 6) is 0.406. The van der Waals surface area contributed by atoms with Crippen LogP contribution in [0.25, 0.3) is 0 Å². The van der Waals surface area contributed by atoms with E-state index in [-0.39, 0.29) is 48.6 Å². The lowest BCUT2D eigenvalue weighted by molar-refractivity contribution is -0.0907. The van der Waals surface area contributed by atoms with Gasteiger partial charge >= 0.3 is 13.8 Å². The van der Waals surface area contributed by atoms with Crippen LogP contribution in [-0.4, -0.2) is 91.7 Å². The molecule has 4 rings (SSSR count). The molecule has 250 valence electrons. The first-order valence-electron chi connectivity index (χ1n) is 14.4. The van der Waals surface area contributed by atoms with Crippen molar-refractivity contribution in [3.05, 3.63) is 54.1 Å². The van der Waals surface area contributed by atoms with Gasteiger partial charge in [-0.15, -0.1) is 0 Å². The average Bonchev–Trinajstić information content (AvgIpc) is 3.60. The number of amides is 1. The molecule has 17 heteroatoms. The highest BCUT2D eigenvalue weighted by Crippen LogP contribution is 2.33. The number of carbonyl (C=O) groups excluding carboxylic acids is 1. The first-order chi connectivity index (χ1) is 21.2. The maximum Gasteiger partial charge on any atom is 0.432 e. The molecule has 0 radical (unpaired) electrons. The number of alkyl carbamates (subject to hydrolysis) is 1. The fourth-order valence-corrected chi connectivity index (χ4v) is 6.97. The molecule has 2 aromatic rings. The molecule has 2 heterocycles. The van der Waals surface area contributed by atoms with Crippen LogP contribution in [0.5, 0.6) is 11.5 Å². The number of nitrogens with zero attached hydrogens (tertiary/aromatic N) is 1. The molecule has 2 aliphatic rings. The van der Waals surface area contributed by atoms with Crippen LogP contribution in [0, 0.1) is 11.8 Å². The topological polar surface area (TPSA) is 202 Å². The van der Waals surface area contributed by atoms with E-state index >= 15 is 0 Å². The number of ether oxygens (including phenoxy) is 4. The maximum atomic E-state index is 13.7. The van der Waals surface area contributed by atoms with Crippen molar-refractivity contribution in [2.24, 2.45) is 11.8 Å². The lowest BCUT2D eigenvalue weighted by Gasteiger charge is -2.31. The summed E-state index contributed by atoms with van der Waals surface area (Å²) < 4.78 is 61.4. The summed E-state index contributed by atoms with van der Waals surface area (Å²) in [7, 11) is -7.19. The molecule has 15 nitrogen and oxygen atoms in total. The Labute approximate surface area is 262 Å². The van der Waals surface area contributed by atoms with Gasteiger partial charge in [-0.25, -0.2) is 17.8 Å². The fraction of sp³-hybridized carbons (Fsp3) is 0.536. The third kappa shape index (κ3) is 9.85. The van der Waals surface area contributed by atoms with Gasteiger partial charge in [-0.2, -0.15) is 4.31 Å². The molecular formula is C28H40N3O12PS. The highest BCUT2D eigenvalue weighted by Gasteiger charge is 2.44. The summed E-state index contributed by atoms with van der Waals surface area (Å²) in [6.45, 7) is 4.13. The van der Waals surface area contributed by atoms with Gasteiger partial charge in [0.1, 0.15) is 17.6 Å². The smallest absolute Gasteiger partial charge is 0.432 e. The molecule has 45 heavy (non-hydrogen) atoms. The Balaban J connectivity index is 1.53. The van der Waals surface area contributed by atoms with Crippen LogP contribution in [0.4, 0.5) is 4.79 Å². The van der Waals surface area contributed by atoms with Crippen LogP contribution < -0.4 is 20.1 Å². The molecule has 0 saturated carbocycles. The number of rotatable bonds is 15. The van der Waals surface area contributed by atoms with Gasteiger partial charge in [0.15, 0.2) is 6.29 Å². The number of aliphatic hydroxyl groups is 1. The van der Waals surface area contributed by atoms with Gasteiger partial charge in [-0.1, -0.05) is 31.2 Å². The van der Waals surface area contributed by atoms with E-state index in [0.29, 0.717) is 24.3 Å². The van der Waals surface area contributed by atoms with Crippen molar-refractivity contribution < 1.29 is 56.5 Å². The maximum absolute atomic E-state index is 13.7. The average molecular weight is 674 g/mol. The Morgan fingerprint density at radius 3 is 2.36 bits per heavy atom. The summed E-state index contributed by atoms with van der Waals surface area (Å²) >= 11 is 0. The zero-order valence-electron chi connectivity index (χ0n) is 25.1. The summed E-state index contributed by atoms with van der Waals surface area (Å²) in [4.78, 5) is 35.9. The van der Waals surface area contributed by atoms with Crippen LogP contribution in [0.2, 0.25) is 0 Å². The van der Waals surface area contributed by atoms with Crippen molar-refractivity contribution >= 4 is 23.9 Å². The van der Waals surface area contributed by atoms with Crippen molar-refractivity contribution in [1.29, 1.82) is 0 Å². The largest absolute Gasteiger partial charge is 0.497 e. The number of sulfonamides is 1. The molecule has 2 fully saturated rings.